The van der Waals surface area contributed by atoms with E-state index in [1.165, 1.54) is 0 Å². The minimum Gasteiger partial charge on any atom is -0.497 e. The lowest BCUT2D eigenvalue weighted by Crippen LogP contribution is -2.49. The van der Waals surface area contributed by atoms with Crippen molar-refractivity contribution in [3.8, 4) is 22.1 Å². The molecule has 156 valence electrons. The zero-order chi connectivity index (χ0) is 21.1. The van der Waals surface area contributed by atoms with Crippen LogP contribution in [0.15, 0.2) is 41.9 Å². The van der Waals surface area contributed by atoms with Crippen LogP contribution in [0.3, 0.4) is 0 Å². The van der Waals surface area contributed by atoms with Gasteiger partial charge >= 0.3 is 0 Å². The average Bonchev–Trinajstić information content (AvgIpc) is 3.24. The van der Waals surface area contributed by atoms with Crippen molar-refractivity contribution in [3.63, 3.8) is 0 Å². The zero-order valence-electron chi connectivity index (χ0n) is 17.3. The third-order valence-corrected chi connectivity index (χ3v) is 6.15. The maximum atomic E-state index is 13.0. The smallest absolute Gasteiger partial charge is 0.257 e. The molecule has 0 saturated carbocycles. The van der Waals surface area contributed by atoms with E-state index < -0.39 is 0 Å². The quantitative estimate of drug-likeness (QED) is 0.625. The predicted molar refractivity (Wildman–Crippen MR) is 118 cm³/mol. The van der Waals surface area contributed by atoms with Crippen LogP contribution in [0.4, 0.5) is 5.82 Å². The Bertz CT molecular complexity index is 1030. The van der Waals surface area contributed by atoms with Crippen molar-refractivity contribution >= 4 is 23.1 Å². The lowest BCUT2D eigenvalue weighted by atomic mass is 10.1. The van der Waals surface area contributed by atoms with E-state index in [1.807, 2.05) is 29.5 Å². The number of piperazine rings is 1. The number of nitrogens with zero attached hydrogens (tertiary/aromatic N) is 4. The molecule has 4 rings (SSSR count). The highest BCUT2D eigenvalue weighted by atomic mass is 32.1. The molecular weight excluding hydrogens is 400 g/mol. The molecule has 1 aromatic carbocycles. The number of hydrogen-bond donors (Lipinski definition) is 0. The van der Waals surface area contributed by atoms with Crippen LogP contribution >= 0.6 is 11.3 Å². The number of carbonyl (C=O) groups is 1. The second kappa shape index (κ2) is 8.71. The Balaban J connectivity index is 1.41. The molecule has 1 saturated heterocycles. The third-order valence-electron chi connectivity index (χ3n) is 5.14. The fourth-order valence-electron chi connectivity index (χ4n) is 3.47. The molecule has 0 atom stereocenters. The van der Waals surface area contributed by atoms with Gasteiger partial charge in [0.1, 0.15) is 22.3 Å². The van der Waals surface area contributed by atoms with Crippen molar-refractivity contribution in [3.05, 3.63) is 53.2 Å². The number of hydrogen-bond acceptors (Lipinski definition) is 7. The highest BCUT2D eigenvalue weighted by molar-refractivity contribution is 7.13. The number of carbonyl (C=O) groups excluding carboxylic acids is 1. The van der Waals surface area contributed by atoms with Gasteiger partial charge in [-0.3, -0.25) is 4.79 Å². The number of aromatic nitrogens is 2. The van der Waals surface area contributed by atoms with Crippen LogP contribution in [0.5, 0.6) is 11.5 Å². The van der Waals surface area contributed by atoms with E-state index in [0.29, 0.717) is 30.2 Å². The molecule has 0 bridgehead atoms. The summed E-state index contributed by atoms with van der Waals surface area (Å²) in [6.07, 6.45) is 1.87. The minimum atomic E-state index is -0.0309. The van der Waals surface area contributed by atoms with Crippen LogP contribution in [0.1, 0.15) is 16.1 Å². The van der Waals surface area contributed by atoms with Gasteiger partial charge in [-0.05, 0) is 31.2 Å². The molecule has 0 aliphatic carbocycles. The number of ether oxygens (including phenoxy) is 2. The lowest BCUT2D eigenvalue weighted by molar-refractivity contribution is 0.0743. The SMILES string of the molecule is COc1ccc(C(=O)N2CCN(c3ccc(-c4nc(C)cs4)cn3)CC2)c(OC)c1. The number of aryl methyl sites for hydroxylation is 1. The van der Waals surface area contributed by atoms with Crippen molar-refractivity contribution in [2.45, 2.75) is 6.92 Å². The highest BCUT2D eigenvalue weighted by Crippen LogP contribution is 2.27. The molecule has 8 heteroatoms. The van der Waals surface area contributed by atoms with Gasteiger partial charge in [0.2, 0.25) is 0 Å². The molecule has 3 aromatic rings. The van der Waals surface area contributed by atoms with Crippen molar-refractivity contribution in [1.82, 2.24) is 14.9 Å². The first-order valence-corrected chi connectivity index (χ1v) is 10.6. The number of thiazole rings is 1. The van der Waals surface area contributed by atoms with Gasteiger partial charge in [0, 0.05) is 55.1 Å². The van der Waals surface area contributed by atoms with Crippen LogP contribution in [0.2, 0.25) is 0 Å². The topological polar surface area (TPSA) is 67.8 Å². The fraction of sp³-hybridized carbons (Fsp3) is 0.318. The first-order chi connectivity index (χ1) is 14.6. The third kappa shape index (κ3) is 4.09. The van der Waals surface area contributed by atoms with Crippen molar-refractivity contribution in [2.75, 3.05) is 45.3 Å². The first kappa shape index (κ1) is 20.2. The fourth-order valence-corrected chi connectivity index (χ4v) is 4.26. The summed E-state index contributed by atoms with van der Waals surface area (Å²) in [6.45, 7) is 4.70. The number of benzene rings is 1. The second-order valence-electron chi connectivity index (χ2n) is 7.04. The monoisotopic (exact) mass is 424 g/mol. The van der Waals surface area contributed by atoms with E-state index in [4.69, 9.17) is 9.47 Å². The molecule has 30 heavy (non-hydrogen) atoms. The number of amides is 1. The van der Waals surface area contributed by atoms with E-state index in [1.54, 1.807) is 43.8 Å². The molecule has 3 heterocycles. The number of methoxy groups -OCH3 is 2. The van der Waals surface area contributed by atoms with Gasteiger partial charge in [-0.2, -0.15) is 0 Å². The second-order valence-corrected chi connectivity index (χ2v) is 7.90. The average molecular weight is 425 g/mol. The summed E-state index contributed by atoms with van der Waals surface area (Å²) in [5.41, 5.74) is 2.60. The molecule has 1 fully saturated rings. The lowest BCUT2D eigenvalue weighted by Gasteiger charge is -2.35. The van der Waals surface area contributed by atoms with Crippen molar-refractivity contribution in [2.24, 2.45) is 0 Å². The maximum Gasteiger partial charge on any atom is 0.257 e. The van der Waals surface area contributed by atoms with E-state index in [9.17, 15) is 4.79 Å². The number of rotatable bonds is 5. The van der Waals surface area contributed by atoms with E-state index in [-0.39, 0.29) is 5.91 Å². The van der Waals surface area contributed by atoms with E-state index >= 15 is 0 Å². The summed E-state index contributed by atoms with van der Waals surface area (Å²) in [5.74, 6) is 2.07. The molecule has 1 aliphatic rings. The summed E-state index contributed by atoms with van der Waals surface area (Å²) in [6, 6.07) is 9.35. The maximum absolute atomic E-state index is 13.0. The molecule has 0 spiro atoms. The molecule has 2 aromatic heterocycles. The van der Waals surface area contributed by atoms with Crippen LogP contribution < -0.4 is 14.4 Å². The van der Waals surface area contributed by atoms with Gasteiger partial charge in [0.05, 0.1) is 19.8 Å². The number of anilines is 1. The summed E-state index contributed by atoms with van der Waals surface area (Å²) < 4.78 is 10.6. The van der Waals surface area contributed by atoms with Gasteiger partial charge in [0.25, 0.3) is 5.91 Å². The number of pyridine rings is 1. The zero-order valence-corrected chi connectivity index (χ0v) is 18.1. The Morgan fingerprint density at radius 3 is 2.47 bits per heavy atom. The molecule has 0 N–H and O–H groups in total. The van der Waals surface area contributed by atoms with Gasteiger partial charge in [-0.15, -0.1) is 11.3 Å². The summed E-state index contributed by atoms with van der Waals surface area (Å²) >= 11 is 1.62. The van der Waals surface area contributed by atoms with Crippen LogP contribution in [-0.2, 0) is 0 Å². The normalized spacial score (nSPS) is 14.0. The Labute approximate surface area is 179 Å². The minimum absolute atomic E-state index is 0.0309. The molecule has 1 amide bonds. The van der Waals surface area contributed by atoms with Crippen molar-refractivity contribution < 1.29 is 14.3 Å². The molecular formula is C22H24N4O3S. The Morgan fingerprint density at radius 2 is 1.87 bits per heavy atom. The van der Waals surface area contributed by atoms with E-state index in [0.717, 1.165) is 35.2 Å². The van der Waals surface area contributed by atoms with Crippen molar-refractivity contribution in [1.29, 1.82) is 0 Å². The Kier molecular flexibility index (Phi) is 5.85. The summed E-state index contributed by atoms with van der Waals surface area (Å²) in [7, 11) is 3.15. The molecule has 0 unspecified atom stereocenters. The summed E-state index contributed by atoms with van der Waals surface area (Å²) in [4.78, 5) is 26.2. The molecule has 0 radical (unpaired) electrons. The first-order valence-electron chi connectivity index (χ1n) is 9.74. The molecule has 7 nitrogen and oxygen atoms in total. The van der Waals surface area contributed by atoms with Gasteiger partial charge in [-0.1, -0.05) is 0 Å². The van der Waals surface area contributed by atoms with Crippen LogP contribution in [0.25, 0.3) is 10.6 Å². The summed E-state index contributed by atoms with van der Waals surface area (Å²) in [5, 5.41) is 3.02. The van der Waals surface area contributed by atoms with Gasteiger partial charge in [-0.25, -0.2) is 9.97 Å². The molecule has 1 aliphatic heterocycles. The van der Waals surface area contributed by atoms with Gasteiger partial charge in [0.15, 0.2) is 0 Å². The largest absolute Gasteiger partial charge is 0.497 e. The van der Waals surface area contributed by atoms with E-state index in [2.05, 4.69) is 20.9 Å². The Morgan fingerprint density at radius 1 is 1.07 bits per heavy atom. The van der Waals surface area contributed by atoms with Crippen LogP contribution in [0, 0.1) is 6.92 Å². The predicted octanol–water partition coefficient (Wildman–Crippen LogP) is 3.49. The standard InChI is InChI=1S/C22H24N4O3S/c1-15-14-30-21(24-15)16-4-7-20(23-13-16)25-8-10-26(11-9-25)22(27)18-6-5-17(28-2)12-19(18)29-3/h4-7,12-14H,8-11H2,1-3H3. The highest BCUT2D eigenvalue weighted by Gasteiger charge is 2.25. The van der Waals surface area contributed by atoms with Gasteiger partial charge < -0.3 is 19.3 Å². The van der Waals surface area contributed by atoms with Crippen LogP contribution in [-0.4, -0.2) is 61.2 Å². The Hall–Kier alpha value is -3.13.